The SMILES string of the molecule is C#CCNC(=O)C[C@@H]1C[C@@H](C(C)C)[C@H](CNC(=O)c2cccc(F)c2)C=C1C. The summed E-state index contributed by atoms with van der Waals surface area (Å²) in [6.07, 6.45) is 8.69. The molecule has 28 heavy (non-hydrogen) atoms. The zero-order valence-corrected chi connectivity index (χ0v) is 16.8. The number of rotatable bonds is 7. The lowest BCUT2D eigenvalue weighted by molar-refractivity contribution is -0.121. The number of benzene rings is 1. The van der Waals surface area contributed by atoms with Crippen LogP contribution in [0.3, 0.4) is 0 Å². The summed E-state index contributed by atoms with van der Waals surface area (Å²) in [5.41, 5.74) is 1.48. The minimum atomic E-state index is -0.424. The molecule has 5 heteroatoms. The van der Waals surface area contributed by atoms with Gasteiger partial charge in [0.05, 0.1) is 6.54 Å². The van der Waals surface area contributed by atoms with E-state index in [9.17, 15) is 14.0 Å². The molecule has 0 saturated heterocycles. The second-order valence-corrected chi connectivity index (χ2v) is 7.82. The molecule has 0 radical (unpaired) electrons. The maximum atomic E-state index is 13.3. The number of carbonyl (C=O) groups excluding carboxylic acids is 2. The molecule has 0 aromatic heterocycles. The first-order valence-corrected chi connectivity index (χ1v) is 9.74. The molecule has 0 aliphatic heterocycles. The van der Waals surface area contributed by atoms with Gasteiger partial charge < -0.3 is 10.6 Å². The predicted molar refractivity (Wildman–Crippen MR) is 109 cm³/mol. The van der Waals surface area contributed by atoms with Crippen molar-refractivity contribution in [2.75, 3.05) is 13.1 Å². The van der Waals surface area contributed by atoms with Gasteiger partial charge in [-0.15, -0.1) is 6.42 Å². The molecule has 1 aliphatic carbocycles. The molecule has 0 spiro atoms. The van der Waals surface area contributed by atoms with Gasteiger partial charge >= 0.3 is 0 Å². The average molecular weight is 384 g/mol. The van der Waals surface area contributed by atoms with Crippen LogP contribution in [0.15, 0.2) is 35.9 Å². The monoisotopic (exact) mass is 384 g/mol. The highest BCUT2D eigenvalue weighted by molar-refractivity contribution is 5.94. The summed E-state index contributed by atoms with van der Waals surface area (Å²) in [6, 6.07) is 5.69. The second-order valence-electron chi connectivity index (χ2n) is 7.82. The maximum Gasteiger partial charge on any atom is 0.251 e. The Labute approximate surface area is 167 Å². The molecule has 1 aromatic rings. The lowest BCUT2D eigenvalue weighted by Gasteiger charge is -2.37. The van der Waals surface area contributed by atoms with Gasteiger partial charge in [-0.3, -0.25) is 9.59 Å². The number of nitrogens with one attached hydrogen (secondary N) is 2. The first-order valence-electron chi connectivity index (χ1n) is 9.74. The van der Waals surface area contributed by atoms with Crippen LogP contribution in [0.25, 0.3) is 0 Å². The second kappa shape index (κ2) is 10.1. The number of halogens is 1. The summed E-state index contributed by atoms with van der Waals surface area (Å²) >= 11 is 0. The van der Waals surface area contributed by atoms with Gasteiger partial charge in [-0.1, -0.05) is 37.5 Å². The molecule has 2 N–H and O–H groups in total. The highest BCUT2D eigenvalue weighted by atomic mass is 19.1. The van der Waals surface area contributed by atoms with Crippen molar-refractivity contribution in [2.24, 2.45) is 23.7 Å². The molecule has 1 aliphatic rings. The van der Waals surface area contributed by atoms with E-state index in [0.29, 0.717) is 30.4 Å². The zero-order valence-electron chi connectivity index (χ0n) is 16.8. The molecular formula is C23H29FN2O2. The van der Waals surface area contributed by atoms with E-state index in [1.54, 1.807) is 6.07 Å². The van der Waals surface area contributed by atoms with Crippen molar-refractivity contribution in [3.63, 3.8) is 0 Å². The van der Waals surface area contributed by atoms with E-state index >= 15 is 0 Å². The first kappa shape index (κ1) is 21.7. The van der Waals surface area contributed by atoms with Crippen molar-refractivity contribution in [1.82, 2.24) is 10.6 Å². The van der Waals surface area contributed by atoms with Crippen LogP contribution in [0.1, 0.15) is 44.0 Å². The fourth-order valence-electron chi connectivity index (χ4n) is 3.90. The Morgan fingerprint density at radius 1 is 1.32 bits per heavy atom. The molecule has 3 atom stereocenters. The Balaban J connectivity index is 2.03. The normalized spacial score (nSPS) is 21.6. The summed E-state index contributed by atoms with van der Waals surface area (Å²) in [5.74, 6) is 2.81. The number of allylic oxidation sites excluding steroid dienone is 1. The summed E-state index contributed by atoms with van der Waals surface area (Å²) in [6.45, 7) is 7.10. The first-order chi connectivity index (χ1) is 13.3. The minimum absolute atomic E-state index is 0.0314. The number of amides is 2. The van der Waals surface area contributed by atoms with Crippen LogP contribution in [0.4, 0.5) is 4.39 Å². The van der Waals surface area contributed by atoms with Crippen LogP contribution in [0.5, 0.6) is 0 Å². The molecule has 1 aromatic carbocycles. The van der Waals surface area contributed by atoms with Gasteiger partial charge in [0, 0.05) is 18.5 Å². The number of hydrogen-bond acceptors (Lipinski definition) is 2. The van der Waals surface area contributed by atoms with Gasteiger partial charge in [0.1, 0.15) is 5.82 Å². The Morgan fingerprint density at radius 2 is 2.07 bits per heavy atom. The fraction of sp³-hybridized carbons (Fsp3) is 0.478. The molecule has 150 valence electrons. The van der Waals surface area contributed by atoms with Gasteiger partial charge in [-0.2, -0.15) is 0 Å². The van der Waals surface area contributed by atoms with Crippen molar-refractivity contribution in [2.45, 2.75) is 33.6 Å². The van der Waals surface area contributed by atoms with Crippen LogP contribution in [0, 0.1) is 41.8 Å². The van der Waals surface area contributed by atoms with Gasteiger partial charge in [-0.05, 0) is 55.2 Å². The number of terminal acetylenes is 1. The lowest BCUT2D eigenvalue weighted by Crippen LogP contribution is -2.37. The maximum absolute atomic E-state index is 13.3. The number of carbonyl (C=O) groups is 2. The number of hydrogen-bond donors (Lipinski definition) is 2. The van der Waals surface area contributed by atoms with E-state index in [-0.39, 0.29) is 30.2 Å². The predicted octanol–water partition coefficient (Wildman–Crippen LogP) is 3.55. The Morgan fingerprint density at radius 3 is 2.71 bits per heavy atom. The van der Waals surface area contributed by atoms with E-state index in [1.165, 1.54) is 18.2 Å². The zero-order chi connectivity index (χ0) is 20.7. The third-order valence-corrected chi connectivity index (χ3v) is 5.49. The summed E-state index contributed by atoms with van der Waals surface area (Å²) in [4.78, 5) is 24.4. The van der Waals surface area contributed by atoms with Crippen LogP contribution in [-0.2, 0) is 4.79 Å². The Kier molecular flexibility index (Phi) is 7.80. The third kappa shape index (κ3) is 5.95. The van der Waals surface area contributed by atoms with Gasteiger partial charge in [0.15, 0.2) is 0 Å². The van der Waals surface area contributed by atoms with E-state index in [0.717, 1.165) is 12.0 Å². The quantitative estimate of drug-likeness (QED) is 0.558. The Hall–Kier alpha value is -2.61. The molecule has 0 unspecified atom stereocenters. The Bertz CT molecular complexity index is 779. The largest absolute Gasteiger partial charge is 0.351 e. The molecule has 0 heterocycles. The topological polar surface area (TPSA) is 58.2 Å². The lowest BCUT2D eigenvalue weighted by atomic mass is 9.69. The average Bonchev–Trinajstić information content (AvgIpc) is 2.65. The van der Waals surface area contributed by atoms with Gasteiger partial charge in [0.25, 0.3) is 5.91 Å². The molecule has 0 saturated carbocycles. The fourth-order valence-corrected chi connectivity index (χ4v) is 3.90. The van der Waals surface area contributed by atoms with E-state index in [4.69, 9.17) is 6.42 Å². The summed E-state index contributed by atoms with van der Waals surface area (Å²) in [5, 5.41) is 5.66. The van der Waals surface area contributed by atoms with E-state index in [1.807, 2.05) is 6.92 Å². The van der Waals surface area contributed by atoms with Crippen molar-refractivity contribution in [3.8, 4) is 12.3 Å². The van der Waals surface area contributed by atoms with Crippen molar-refractivity contribution in [3.05, 3.63) is 47.3 Å². The molecule has 0 bridgehead atoms. The highest BCUT2D eigenvalue weighted by Crippen LogP contribution is 2.38. The molecule has 0 fully saturated rings. The standard InChI is InChI=1S/C23H29FN2O2/c1-5-9-25-22(27)13-18-12-21(15(2)3)19(10-16(18)4)14-26-23(28)17-7-6-8-20(24)11-17/h1,6-8,10-11,15,18-19,21H,9,12-14H2,2-4H3,(H,25,27)(H,26,28)/t18-,19-,21-/m0/s1. The molecular weight excluding hydrogens is 355 g/mol. The van der Waals surface area contributed by atoms with E-state index in [2.05, 4.69) is 36.5 Å². The van der Waals surface area contributed by atoms with Crippen LogP contribution in [-0.4, -0.2) is 24.9 Å². The summed E-state index contributed by atoms with van der Waals surface area (Å²) in [7, 11) is 0. The smallest absolute Gasteiger partial charge is 0.251 e. The van der Waals surface area contributed by atoms with Crippen molar-refractivity contribution in [1.29, 1.82) is 0 Å². The molecule has 2 amide bonds. The van der Waals surface area contributed by atoms with Crippen LogP contribution >= 0.6 is 0 Å². The third-order valence-electron chi connectivity index (χ3n) is 5.49. The summed E-state index contributed by atoms with van der Waals surface area (Å²) < 4.78 is 13.3. The molecule has 4 nitrogen and oxygen atoms in total. The van der Waals surface area contributed by atoms with Gasteiger partial charge in [-0.25, -0.2) is 4.39 Å². The van der Waals surface area contributed by atoms with Crippen LogP contribution < -0.4 is 10.6 Å². The van der Waals surface area contributed by atoms with Crippen LogP contribution in [0.2, 0.25) is 0 Å². The van der Waals surface area contributed by atoms with E-state index < -0.39 is 5.82 Å². The van der Waals surface area contributed by atoms with Crippen molar-refractivity contribution < 1.29 is 14.0 Å². The minimum Gasteiger partial charge on any atom is -0.351 e. The highest BCUT2D eigenvalue weighted by Gasteiger charge is 2.32. The van der Waals surface area contributed by atoms with Crippen molar-refractivity contribution >= 4 is 11.8 Å². The molecule has 2 rings (SSSR count). The van der Waals surface area contributed by atoms with Gasteiger partial charge in [0.2, 0.25) is 5.91 Å².